The van der Waals surface area contributed by atoms with Gasteiger partial charge in [-0.3, -0.25) is 0 Å². The average molecular weight is 358 g/mol. The minimum atomic E-state index is -3.54. The predicted octanol–water partition coefficient (Wildman–Crippen LogP) is 3.15. The molecule has 4 N–H and O–H groups in total. The number of rotatable bonds is 2. The van der Waals surface area contributed by atoms with Crippen molar-refractivity contribution < 1.29 is 8.42 Å². The molecule has 0 heterocycles. The van der Waals surface area contributed by atoms with Gasteiger partial charge in [-0.25, -0.2) is 8.42 Å². The van der Waals surface area contributed by atoms with Crippen molar-refractivity contribution in [1.29, 1.82) is 0 Å². The summed E-state index contributed by atoms with van der Waals surface area (Å²) < 4.78 is 24.5. The van der Waals surface area contributed by atoms with Crippen LogP contribution in [0, 0.1) is 0 Å². The first-order valence-corrected chi connectivity index (χ1v) is 10.8. The van der Waals surface area contributed by atoms with Crippen molar-refractivity contribution >= 4 is 42.4 Å². The Kier molecular flexibility index (Phi) is 9.90. The van der Waals surface area contributed by atoms with Crippen LogP contribution in [-0.2, 0) is 9.84 Å². The Morgan fingerprint density at radius 2 is 1.18 bits per heavy atom. The molecule has 0 radical (unpaired) electrons. The molecule has 0 unspecified atom stereocenters. The van der Waals surface area contributed by atoms with Crippen LogP contribution in [0.25, 0.3) is 0 Å². The topological polar surface area (TPSA) is 86.2 Å². The zero-order chi connectivity index (χ0) is 17.2. The highest BCUT2D eigenvalue weighted by Crippen LogP contribution is 2.23. The molecule has 7 heteroatoms. The van der Waals surface area contributed by atoms with Gasteiger partial charge in [-0.2, -0.15) is 12.6 Å². The highest BCUT2D eigenvalue weighted by molar-refractivity contribution is 7.91. The number of benzene rings is 2. The first-order valence-electron chi connectivity index (χ1n) is 6.41. The molecule has 0 aliphatic heterocycles. The molecular weight excluding hydrogens is 335 g/mol. The summed E-state index contributed by atoms with van der Waals surface area (Å²) in [7, 11) is -2.46. The molecule has 0 bridgehead atoms. The van der Waals surface area contributed by atoms with Crippen molar-refractivity contribution in [2.24, 2.45) is 0 Å². The van der Waals surface area contributed by atoms with Crippen LogP contribution in [0.3, 0.4) is 0 Å². The van der Waals surface area contributed by atoms with Crippen LogP contribution < -0.4 is 11.5 Å². The third-order valence-corrected chi connectivity index (χ3v) is 4.09. The van der Waals surface area contributed by atoms with Crippen molar-refractivity contribution in [1.82, 2.24) is 0 Å². The molecule has 2 rings (SSSR count). The van der Waals surface area contributed by atoms with Crippen LogP contribution in [0.1, 0.15) is 0 Å². The molecule has 0 atom stereocenters. The summed E-state index contributed by atoms with van der Waals surface area (Å²) in [5.41, 5.74) is 12.0. The van der Waals surface area contributed by atoms with Gasteiger partial charge in [0, 0.05) is 11.4 Å². The number of hydrogen-bond donors (Lipinski definition) is 3. The number of sulfone groups is 1. The van der Waals surface area contributed by atoms with E-state index in [1.807, 2.05) is 0 Å². The summed E-state index contributed by atoms with van der Waals surface area (Å²) in [5.74, 6) is 0. The van der Waals surface area contributed by atoms with E-state index in [9.17, 15) is 8.42 Å². The maximum atomic E-state index is 12.2. The Balaban J connectivity index is 0.000000789. The molecule has 0 spiro atoms. The molecule has 122 valence electrons. The van der Waals surface area contributed by atoms with E-state index in [1.165, 1.54) is 24.3 Å². The second-order valence-corrected chi connectivity index (χ2v) is 7.10. The van der Waals surface area contributed by atoms with Gasteiger partial charge in [-0.15, -0.1) is 8.58 Å². The molecule has 0 saturated carbocycles. The Bertz CT molecular complexity index is 625. The Morgan fingerprint density at radius 1 is 0.864 bits per heavy atom. The molecule has 0 amide bonds. The molecule has 0 saturated heterocycles. The molecule has 0 aliphatic rings. The highest BCUT2D eigenvalue weighted by atomic mass is 32.2. The molecule has 4 nitrogen and oxygen atoms in total. The first-order chi connectivity index (χ1) is 10.4. The highest BCUT2D eigenvalue weighted by Gasteiger charge is 2.17. The summed E-state index contributed by atoms with van der Waals surface area (Å²) >= 11 is 3.53. The van der Waals surface area contributed by atoms with Crippen molar-refractivity contribution in [2.45, 2.75) is 9.79 Å². The lowest BCUT2D eigenvalue weighted by Crippen LogP contribution is -2.03. The minimum Gasteiger partial charge on any atom is -0.399 e. The van der Waals surface area contributed by atoms with Crippen LogP contribution in [0.5, 0.6) is 0 Å². The normalized spacial score (nSPS) is 9.82. The van der Waals surface area contributed by atoms with Gasteiger partial charge >= 0.3 is 0 Å². The molecule has 22 heavy (non-hydrogen) atoms. The number of nitrogens with two attached hydrogens (primary N) is 2. The SMILES string of the molecule is CPC.CS.Nc1cccc(S(=O)(=O)c2cccc(N)c2)c1. The van der Waals surface area contributed by atoms with Gasteiger partial charge in [0.05, 0.1) is 9.79 Å². The summed E-state index contributed by atoms with van der Waals surface area (Å²) in [6, 6.07) is 12.4. The van der Waals surface area contributed by atoms with Gasteiger partial charge in [0.1, 0.15) is 0 Å². The van der Waals surface area contributed by atoms with E-state index in [0.29, 0.717) is 11.4 Å². The summed E-state index contributed by atoms with van der Waals surface area (Å²) in [6.45, 7) is 4.31. The monoisotopic (exact) mass is 358 g/mol. The van der Waals surface area contributed by atoms with Gasteiger partial charge in [0.2, 0.25) is 9.84 Å². The molecule has 2 aromatic rings. The quantitative estimate of drug-likeness (QED) is 0.437. The fraction of sp³-hybridized carbons (Fsp3) is 0.200. The second kappa shape index (κ2) is 10.5. The van der Waals surface area contributed by atoms with Crippen LogP contribution >= 0.6 is 21.2 Å². The van der Waals surface area contributed by atoms with E-state index < -0.39 is 9.84 Å². The third-order valence-electron chi connectivity index (χ3n) is 2.34. The largest absolute Gasteiger partial charge is 0.399 e. The van der Waals surface area contributed by atoms with Crippen LogP contribution in [0.15, 0.2) is 58.3 Å². The number of thiol groups is 1. The first kappa shape index (κ1) is 20.8. The Hall–Kier alpha value is -1.23. The summed E-state index contributed by atoms with van der Waals surface area (Å²) in [4.78, 5) is 0.339. The molecule has 0 aromatic heterocycles. The number of anilines is 2. The lowest BCUT2D eigenvalue weighted by molar-refractivity contribution is 0.596. The molecule has 2 aromatic carbocycles. The van der Waals surface area contributed by atoms with E-state index in [-0.39, 0.29) is 9.79 Å². The summed E-state index contributed by atoms with van der Waals surface area (Å²) in [5, 5.41) is 0. The standard InChI is InChI=1S/C12H12N2O2S.C2H7P.CH4S/c13-9-3-1-5-11(7-9)17(15,16)12-6-2-4-10(14)8-12;1-3-2;1-2/h1-8H,13-14H2;3H,1-2H3;2H,1H3. The Labute approximate surface area is 140 Å². The fourth-order valence-electron chi connectivity index (χ4n) is 1.50. The smallest absolute Gasteiger partial charge is 0.206 e. The van der Waals surface area contributed by atoms with E-state index >= 15 is 0 Å². The van der Waals surface area contributed by atoms with E-state index in [0.717, 1.165) is 8.58 Å². The zero-order valence-corrected chi connectivity index (χ0v) is 15.7. The predicted molar refractivity (Wildman–Crippen MR) is 102 cm³/mol. The minimum absolute atomic E-state index is 0.170. The van der Waals surface area contributed by atoms with Gasteiger partial charge in [-0.1, -0.05) is 12.1 Å². The second-order valence-electron chi connectivity index (χ2n) is 4.15. The van der Waals surface area contributed by atoms with Crippen molar-refractivity contribution in [3.63, 3.8) is 0 Å². The summed E-state index contributed by atoms with van der Waals surface area (Å²) in [6.07, 6.45) is 1.69. The average Bonchev–Trinajstić information content (AvgIpc) is 2.50. The Morgan fingerprint density at radius 3 is 1.45 bits per heavy atom. The van der Waals surface area contributed by atoms with E-state index in [2.05, 4.69) is 26.0 Å². The van der Waals surface area contributed by atoms with Crippen LogP contribution in [0.4, 0.5) is 11.4 Å². The van der Waals surface area contributed by atoms with Crippen molar-refractivity contribution in [3.05, 3.63) is 48.5 Å². The van der Waals surface area contributed by atoms with E-state index in [4.69, 9.17) is 11.5 Å². The van der Waals surface area contributed by atoms with Crippen LogP contribution in [0.2, 0.25) is 0 Å². The van der Waals surface area contributed by atoms with Crippen LogP contribution in [-0.4, -0.2) is 28.0 Å². The van der Waals surface area contributed by atoms with Crippen molar-refractivity contribution in [3.8, 4) is 0 Å². The molecular formula is C15H23N2O2PS2. The molecule has 0 aliphatic carbocycles. The van der Waals surface area contributed by atoms with E-state index in [1.54, 1.807) is 30.5 Å². The fourth-order valence-corrected chi connectivity index (χ4v) is 2.87. The van der Waals surface area contributed by atoms with Gasteiger partial charge in [-0.05, 0) is 56.0 Å². The maximum absolute atomic E-state index is 12.2. The lowest BCUT2D eigenvalue weighted by Gasteiger charge is -2.05. The van der Waals surface area contributed by atoms with Gasteiger partial charge in [0.25, 0.3) is 0 Å². The molecule has 0 fully saturated rings. The maximum Gasteiger partial charge on any atom is 0.206 e. The van der Waals surface area contributed by atoms with Gasteiger partial charge in [0.15, 0.2) is 0 Å². The zero-order valence-electron chi connectivity index (χ0n) is 12.9. The number of nitrogen functional groups attached to an aromatic ring is 2. The number of hydrogen-bond acceptors (Lipinski definition) is 5. The lowest BCUT2D eigenvalue weighted by atomic mass is 10.3. The third kappa shape index (κ3) is 6.26. The van der Waals surface area contributed by atoms with Gasteiger partial charge < -0.3 is 11.5 Å². The van der Waals surface area contributed by atoms with Crippen molar-refractivity contribution in [2.75, 3.05) is 31.1 Å².